The molecule has 31 heavy (non-hydrogen) atoms. The van der Waals surface area contributed by atoms with Crippen LogP contribution < -0.4 is 15.4 Å². The summed E-state index contributed by atoms with van der Waals surface area (Å²) in [5, 5.41) is 5.63. The van der Waals surface area contributed by atoms with Crippen molar-refractivity contribution in [2.75, 3.05) is 11.9 Å². The molecule has 1 fully saturated rings. The Morgan fingerprint density at radius 2 is 1.74 bits per heavy atom. The van der Waals surface area contributed by atoms with Crippen LogP contribution in [0.4, 0.5) is 5.69 Å². The van der Waals surface area contributed by atoms with Gasteiger partial charge in [0.15, 0.2) is 12.7 Å². The third kappa shape index (κ3) is 6.82. The molecule has 3 rings (SSSR count). The van der Waals surface area contributed by atoms with Crippen LogP contribution in [-0.2, 0) is 14.3 Å². The summed E-state index contributed by atoms with van der Waals surface area (Å²) in [6.45, 7) is 1.26. The first-order chi connectivity index (χ1) is 14.9. The molecule has 8 heteroatoms. The Morgan fingerprint density at radius 1 is 1.06 bits per heavy atom. The third-order valence-corrected chi connectivity index (χ3v) is 5.48. The largest absolute Gasteiger partial charge is 0.483 e. The Balaban J connectivity index is 1.54. The zero-order valence-electron chi connectivity index (χ0n) is 17.2. The lowest BCUT2D eigenvalue weighted by atomic mass is 10.2. The van der Waals surface area contributed by atoms with E-state index in [0.29, 0.717) is 5.69 Å². The van der Waals surface area contributed by atoms with Crippen molar-refractivity contribution in [3.8, 4) is 5.75 Å². The summed E-state index contributed by atoms with van der Waals surface area (Å²) in [5.74, 6) is -1.15. The number of carbonyl (C=O) groups is 3. The van der Waals surface area contributed by atoms with Crippen LogP contribution in [0.15, 0.2) is 53.0 Å². The Morgan fingerprint density at radius 3 is 2.45 bits per heavy atom. The molecule has 2 amide bonds. The van der Waals surface area contributed by atoms with Gasteiger partial charge in [-0.3, -0.25) is 9.59 Å². The molecular weight excluding hydrogens is 464 g/mol. The van der Waals surface area contributed by atoms with Crippen LogP contribution in [0, 0.1) is 0 Å². The second-order valence-electron chi connectivity index (χ2n) is 7.38. The Kier molecular flexibility index (Phi) is 8.06. The predicted molar refractivity (Wildman–Crippen MR) is 120 cm³/mol. The van der Waals surface area contributed by atoms with Crippen molar-refractivity contribution in [1.82, 2.24) is 5.32 Å². The minimum atomic E-state index is -0.929. The number of rotatable bonds is 8. The maximum Gasteiger partial charge on any atom is 0.342 e. The highest BCUT2D eigenvalue weighted by atomic mass is 79.9. The average Bonchev–Trinajstić information content (AvgIpc) is 3.27. The van der Waals surface area contributed by atoms with Gasteiger partial charge >= 0.3 is 5.97 Å². The number of amides is 2. The number of hydrogen-bond acceptors (Lipinski definition) is 5. The van der Waals surface area contributed by atoms with Crippen LogP contribution in [0.25, 0.3) is 0 Å². The highest BCUT2D eigenvalue weighted by Crippen LogP contribution is 2.21. The number of carbonyl (C=O) groups excluding carboxylic acids is 3. The molecule has 2 N–H and O–H groups in total. The molecule has 0 unspecified atom stereocenters. The van der Waals surface area contributed by atoms with E-state index in [2.05, 4.69) is 26.6 Å². The summed E-state index contributed by atoms with van der Waals surface area (Å²) in [4.78, 5) is 37.0. The van der Waals surface area contributed by atoms with E-state index in [-0.39, 0.29) is 35.8 Å². The molecule has 0 heterocycles. The average molecular weight is 489 g/mol. The van der Waals surface area contributed by atoms with Crippen molar-refractivity contribution in [2.24, 2.45) is 0 Å². The van der Waals surface area contributed by atoms with Gasteiger partial charge in [0.25, 0.3) is 11.8 Å². The minimum Gasteiger partial charge on any atom is -0.483 e. The summed E-state index contributed by atoms with van der Waals surface area (Å²) >= 11 is 3.34. The Bertz CT molecular complexity index is 926. The van der Waals surface area contributed by atoms with Gasteiger partial charge < -0.3 is 20.1 Å². The molecule has 1 saturated carbocycles. The van der Waals surface area contributed by atoms with Gasteiger partial charge in [-0.1, -0.05) is 40.9 Å². The Labute approximate surface area is 189 Å². The van der Waals surface area contributed by atoms with Crippen molar-refractivity contribution >= 4 is 39.4 Å². The predicted octanol–water partition coefficient (Wildman–Crippen LogP) is 4.07. The van der Waals surface area contributed by atoms with Crippen molar-refractivity contribution in [3.63, 3.8) is 0 Å². The number of halogens is 1. The molecule has 0 bridgehead atoms. The van der Waals surface area contributed by atoms with Crippen molar-refractivity contribution in [2.45, 2.75) is 44.8 Å². The summed E-state index contributed by atoms with van der Waals surface area (Å²) in [7, 11) is 0. The standard InChI is InChI=1S/C23H25BrN2O5/c1-15(22(28)26-17-6-2-3-7-17)31-23(29)19-8-4-5-9-20(19)30-14-21(27)25-18-12-10-16(24)11-13-18/h4-5,8-13,15,17H,2-3,6-7,14H2,1H3,(H,25,27)(H,26,28)/t15-/m1/s1. The monoisotopic (exact) mass is 488 g/mol. The Hall–Kier alpha value is -2.87. The zero-order valence-corrected chi connectivity index (χ0v) is 18.8. The van der Waals surface area contributed by atoms with E-state index >= 15 is 0 Å². The van der Waals surface area contributed by atoms with Crippen LogP contribution in [-0.4, -0.2) is 36.5 Å². The fourth-order valence-electron chi connectivity index (χ4n) is 3.30. The normalized spacial score (nSPS) is 14.5. The van der Waals surface area contributed by atoms with E-state index in [4.69, 9.17) is 9.47 Å². The number of ether oxygens (including phenoxy) is 2. The van der Waals surface area contributed by atoms with Crippen LogP contribution in [0.5, 0.6) is 5.75 Å². The summed E-state index contributed by atoms with van der Waals surface area (Å²) in [6.07, 6.45) is 3.16. The first-order valence-corrected chi connectivity index (χ1v) is 11.0. The lowest BCUT2D eigenvalue weighted by molar-refractivity contribution is -0.129. The minimum absolute atomic E-state index is 0.147. The highest BCUT2D eigenvalue weighted by molar-refractivity contribution is 9.10. The van der Waals surface area contributed by atoms with Gasteiger partial charge in [-0.2, -0.15) is 0 Å². The van der Waals surface area contributed by atoms with Crippen molar-refractivity contribution in [1.29, 1.82) is 0 Å². The quantitative estimate of drug-likeness (QED) is 0.546. The van der Waals surface area contributed by atoms with Gasteiger partial charge in [-0.05, 0) is 56.2 Å². The van der Waals surface area contributed by atoms with Gasteiger partial charge in [0.1, 0.15) is 11.3 Å². The van der Waals surface area contributed by atoms with Crippen molar-refractivity contribution < 1.29 is 23.9 Å². The molecule has 0 spiro atoms. The molecule has 7 nitrogen and oxygen atoms in total. The maximum atomic E-state index is 12.6. The number of benzene rings is 2. The molecule has 2 aromatic carbocycles. The SMILES string of the molecule is C[C@@H](OC(=O)c1ccccc1OCC(=O)Nc1ccc(Br)cc1)C(=O)NC1CCCC1. The lowest BCUT2D eigenvalue weighted by Gasteiger charge is -2.18. The molecule has 0 aromatic heterocycles. The molecule has 1 atom stereocenters. The summed E-state index contributed by atoms with van der Waals surface area (Å²) < 4.78 is 11.8. The van der Waals surface area contributed by atoms with Gasteiger partial charge in [0.2, 0.25) is 0 Å². The number of anilines is 1. The van der Waals surface area contributed by atoms with E-state index in [1.807, 2.05) is 12.1 Å². The van der Waals surface area contributed by atoms with Crippen LogP contribution in [0.1, 0.15) is 43.0 Å². The lowest BCUT2D eigenvalue weighted by Crippen LogP contribution is -2.40. The van der Waals surface area contributed by atoms with Gasteiger partial charge in [-0.15, -0.1) is 0 Å². The second-order valence-corrected chi connectivity index (χ2v) is 8.29. The molecule has 1 aliphatic rings. The fourth-order valence-corrected chi connectivity index (χ4v) is 3.57. The van der Waals surface area contributed by atoms with Gasteiger partial charge in [0, 0.05) is 16.2 Å². The molecule has 1 aliphatic carbocycles. The summed E-state index contributed by atoms with van der Waals surface area (Å²) in [5.41, 5.74) is 0.783. The van der Waals surface area contributed by atoms with Crippen LogP contribution in [0.3, 0.4) is 0 Å². The molecule has 0 saturated heterocycles. The number of nitrogens with one attached hydrogen (secondary N) is 2. The number of hydrogen-bond donors (Lipinski definition) is 2. The van der Waals surface area contributed by atoms with Crippen molar-refractivity contribution in [3.05, 3.63) is 58.6 Å². The highest BCUT2D eigenvalue weighted by Gasteiger charge is 2.24. The molecule has 0 radical (unpaired) electrons. The first-order valence-electron chi connectivity index (χ1n) is 10.2. The first kappa shape index (κ1) is 22.8. The van der Waals surface area contributed by atoms with Crippen LogP contribution >= 0.6 is 15.9 Å². The smallest absolute Gasteiger partial charge is 0.342 e. The molecule has 2 aromatic rings. The molecule has 0 aliphatic heterocycles. The van der Waals surface area contributed by atoms with Gasteiger partial charge in [-0.25, -0.2) is 4.79 Å². The summed E-state index contributed by atoms with van der Waals surface area (Å²) in [6, 6.07) is 13.7. The van der Waals surface area contributed by atoms with Crippen LogP contribution in [0.2, 0.25) is 0 Å². The number of para-hydroxylation sites is 1. The molecular formula is C23H25BrN2O5. The van der Waals surface area contributed by atoms with E-state index in [9.17, 15) is 14.4 Å². The van der Waals surface area contributed by atoms with E-state index in [1.54, 1.807) is 30.3 Å². The number of esters is 1. The second kappa shape index (κ2) is 10.9. The third-order valence-electron chi connectivity index (χ3n) is 4.95. The topological polar surface area (TPSA) is 93.7 Å². The fraction of sp³-hybridized carbons (Fsp3) is 0.348. The van der Waals surface area contributed by atoms with Gasteiger partial charge in [0.05, 0.1) is 0 Å². The van der Waals surface area contributed by atoms with E-state index in [0.717, 1.165) is 30.2 Å². The molecule has 164 valence electrons. The van der Waals surface area contributed by atoms with E-state index < -0.39 is 12.1 Å². The van der Waals surface area contributed by atoms with E-state index in [1.165, 1.54) is 13.0 Å². The maximum absolute atomic E-state index is 12.6. The zero-order chi connectivity index (χ0) is 22.2.